The van der Waals surface area contributed by atoms with E-state index in [0.717, 1.165) is 22.4 Å². The average Bonchev–Trinajstić information content (AvgIpc) is 2.67. The van der Waals surface area contributed by atoms with E-state index in [0.29, 0.717) is 23.7 Å². The number of anilines is 1. The van der Waals surface area contributed by atoms with Gasteiger partial charge in [0.05, 0.1) is 16.4 Å². The Balaban J connectivity index is 2.21. The van der Waals surface area contributed by atoms with Gasteiger partial charge in [-0.15, -0.1) is 0 Å². The van der Waals surface area contributed by atoms with E-state index < -0.39 is 6.04 Å². The fraction of sp³-hybridized carbons (Fsp3) is 0.222. The molecule has 3 N–H and O–H groups in total. The summed E-state index contributed by atoms with van der Waals surface area (Å²) in [5.41, 5.74) is 9.94. The van der Waals surface area contributed by atoms with Gasteiger partial charge in [0.1, 0.15) is 6.04 Å². The quantitative estimate of drug-likeness (QED) is 0.909. The van der Waals surface area contributed by atoms with E-state index in [1.165, 1.54) is 0 Å². The molecule has 1 aliphatic rings. The number of fused-ring (bicyclic) bond motifs is 1. The Morgan fingerprint density at radius 3 is 2.78 bits per heavy atom. The third kappa shape index (κ3) is 3.14. The monoisotopic (exact) mass is 327 g/mol. The molecule has 1 amide bonds. The molecule has 0 aliphatic carbocycles. The minimum absolute atomic E-state index is 0.174. The first-order valence-electron chi connectivity index (χ1n) is 7.55. The van der Waals surface area contributed by atoms with Gasteiger partial charge in [-0.05, 0) is 32.0 Å². The highest BCUT2D eigenvalue weighted by molar-refractivity contribution is 6.36. The Bertz CT molecular complexity index is 786. The van der Waals surface area contributed by atoms with Crippen molar-refractivity contribution in [2.24, 2.45) is 10.7 Å². The molecule has 118 valence electrons. The van der Waals surface area contributed by atoms with Crippen LogP contribution < -0.4 is 11.1 Å². The van der Waals surface area contributed by atoms with Crippen LogP contribution in [0.2, 0.25) is 5.02 Å². The third-order valence-electron chi connectivity index (χ3n) is 3.84. The van der Waals surface area contributed by atoms with Crippen molar-refractivity contribution in [3.63, 3.8) is 0 Å². The second-order valence-electron chi connectivity index (χ2n) is 5.59. The first kappa shape index (κ1) is 15.7. The topological polar surface area (TPSA) is 67.5 Å². The number of hydrogen-bond acceptors (Lipinski definition) is 3. The van der Waals surface area contributed by atoms with Crippen molar-refractivity contribution >= 4 is 28.9 Å². The zero-order chi connectivity index (χ0) is 16.4. The van der Waals surface area contributed by atoms with Gasteiger partial charge in [-0.1, -0.05) is 47.5 Å². The molecule has 0 aromatic heterocycles. The van der Waals surface area contributed by atoms with Gasteiger partial charge < -0.3 is 11.1 Å². The molecule has 5 heteroatoms. The van der Waals surface area contributed by atoms with Crippen molar-refractivity contribution in [1.82, 2.24) is 0 Å². The number of amides is 1. The van der Waals surface area contributed by atoms with Crippen molar-refractivity contribution < 1.29 is 4.79 Å². The van der Waals surface area contributed by atoms with Gasteiger partial charge in [0.25, 0.3) is 0 Å². The number of rotatable bonds is 3. The standard InChI is InChI=1S/C18H18ClN3O/c1-11-4-2-5-12(10-11)16-13-6-3-7-14(19)17(13)22-18(23)15(21-16)8-9-20/h2-7,10,15H,8-9,20H2,1H3,(H,22,23). The van der Waals surface area contributed by atoms with Gasteiger partial charge >= 0.3 is 0 Å². The van der Waals surface area contributed by atoms with E-state index in [9.17, 15) is 4.79 Å². The van der Waals surface area contributed by atoms with E-state index >= 15 is 0 Å². The van der Waals surface area contributed by atoms with Crippen LogP contribution in [0.1, 0.15) is 23.1 Å². The van der Waals surface area contributed by atoms with Crippen LogP contribution >= 0.6 is 11.6 Å². The van der Waals surface area contributed by atoms with E-state index in [1.807, 2.05) is 37.3 Å². The molecular weight excluding hydrogens is 310 g/mol. The summed E-state index contributed by atoms with van der Waals surface area (Å²) in [6.45, 7) is 2.42. The number of carbonyl (C=O) groups is 1. The predicted molar refractivity (Wildman–Crippen MR) is 94.4 cm³/mol. The lowest BCUT2D eigenvalue weighted by Gasteiger charge is -2.11. The Morgan fingerprint density at radius 2 is 2.04 bits per heavy atom. The van der Waals surface area contributed by atoms with E-state index in [1.54, 1.807) is 6.07 Å². The van der Waals surface area contributed by atoms with Gasteiger partial charge in [0.2, 0.25) is 5.91 Å². The summed E-state index contributed by atoms with van der Waals surface area (Å²) in [4.78, 5) is 17.1. The van der Waals surface area contributed by atoms with E-state index in [-0.39, 0.29) is 5.91 Å². The highest BCUT2D eigenvalue weighted by Crippen LogP contribution is 2.31. The normalized spacial score (nSPS) is 17.1. The summed E-state index contributed by atoms with van der Waals surface area (Å²) in [6, 6.07) is 13.1. The van der Waals surface area contributed by atoms with Crippen LogP contribution in [-0.4, -0.2) is 24.2 Å². The number of nitrogens with one attached hydrogen (secondary N) is 1. The fourth-order valence-corrected chi connectivity index (χ4v) is 2.94. The molecule has 4 nitrogen and oxygen atoms in total. The summed E-state index contributed by atoms with van der Waals surface area (Å²) in [7, 11) is 0. The Labute approximate surface area is 140 Å². The molecule has 0 saturated heterocycles. The van der Waals surface area contributed by atoms with Gasteiger partial charge in [-0.3, -0.25) is 9.79 Å². The second-order valence-corrected chi connectivity index (χ2v) is 6.00. The number of hydrogen-bond donors (Lipinski definition) is 2. The molecule has 2 aromatic rings. The smallest absolute Gasteiger partial charge is 0.249 e. The van der Waals surface area contributed by atoms with Crippen LogP contribution in [0, 0.1) is 6.92 Å². The lowest BCUT2D eigenvalue weighted by atomic mass is 9.99. The van der Waals surface area contributed by atoms with Crippen molar-refractivity contribution in [3.05, 3.63) is 64.2 Å². The average molecular weight is 328 g/mol. The minimum Gasteiger partial charge on any atom is -0.330 e. The molecule has 0 saturated carbocycles. The second kappa shape index (κ2) is 6.52. The van der Waals surface area contributed by atoms with Gasteiger partial charge in [0.15, 0.2) is 0 Å². The maximum absolute atomic E-state index is 12.4. The van der Waals surface area contributed by atoms with Gasteiger partial charge in [-0.25, -0.2) is 0 Å². The molecule has 3 rings (SSSR count). The number of carbonyl (C=O) groups excluding carboxylic acids is 1. The van der Waals surface area contributed by atoms with Crippen LogP contribution in [0.4, 0.5) is 5.69 Å². The maximum Gasteiger partial charge on any atom is 0.249 e. The molecule has 0 fully saturated rings. The van der Waals surface area contributed by atoms with Crippen molar-refractivity contribution in [2.45, 2.75) is 19.4 Å². The Hall–Kier alpha value is -2.17. The van der Waals surface area contributed by atoms with Gasteiger partial charge in [-0.2, -0.15) is 0 Å². The molecule has 0 bridgehead atoms. The van der Waals surface area contributed by atoms with Crippen LogP contribution in [0.15, 0.2) is 47.5 Å². The highest BCUT2D eigenvalue weighted by Gasteiger charge is 2.26. The lowest BCUT2D eigenvalue weighted by Crippen LogP contribution is -2.27. The van der Waals surface area contributed by atoms with Crippen LogP contribution in [0.3, 0.4) is 0 Å². The zero-order valence-corrected chi connectivity index (χ0v) is 13.6. The van der Waals surface area contributed by atoms with Crippen LogP contribution in [-0.2, 0) is 4.79 Å². The lowest BCUT2D eigenvalue weighted by molar-refractivity contribution is -0.117. The Kier molecular flexibility index (Phi) is 4.46. The van der Waals surface area contributed by atoms with E-state index in [4.69, 9.17) is 22.3 Å². The fourth-order valence-electron chi connectivity index (χ4n) is 2.71. The van der Waals surface area contributed by atoms with Crippen molar-refractivity contribution in [1.29, 1.82) is 0 Å². The third-order valence-corrected chi connectivity index (χ3v) is 4.15. The largest absolute Gasteiger partial charge is 0.330 e. The van der Waals surface area contributed by atoms with Gasteiger partial charge in [0, 0.05) is 11.1 Å². The zero-order valence-electron chi connectivity index (χ0n) is 12.8. The SMILES string of the molecule is Cc1cccc(C2=NC(CCN)C(=O)Nc3c(Cl)cccc32)c1. The van der Waals surface area contributed by atoms with E-state index in [2.05, 4.69) is 11.4 Å². The summed E-state index contributed by atoms with van der Waals surface area (Å²) in [5.74, 6) is -0.174. The Morgan fingerprint density at radius 1 is 1.26 bits per heavy atom. The van der Waals surface area contributed by atoms with Crippen molar-refractivity contribution in [3.8, 4) is 0 Å². The maximum atomic E-state index is 12.4. The summed E-state index contributed by atoms with van der Waals surface area (Å²) in [6.07, 6.45) is 0.493. The minimum atomic E-state index is -0.515. The number of benzene rings is 2. The first-order chi connectivity index (χ1) is 11.1. The predicted octanol–water partition coefficient (Wildman–Crippen LogP) is 3.16. The summed E-state index contributed by atoms with van der Waals surface area (Å²) in [5, 5.41) is 3.40. The molecule has 23 heavy (non-hydrogen) atoms. The van der Waals surface area contributed by atoms with Crippen LogP contribution in [0.5, 0.6) is 0 Å². The molecular formula is C18H18ClN3O. The number of halogens is 1. The molecule has 1 atom stereocenters. The highest BCUT2D eigenvalue weighted by atomic mass is 35.5. The number of aliphatic imine (C=N–C) groups is 1. The first-order valence-corrected chi connectivity index (χ1v) is 7.92. The van der Waals surface area contributed by atoms with Crippen LogP contribution in [0.25, 0.3) is 0 Å². The van der Waals surface area contributed by atoms with Crippen molar-refractivity contribution in [2.75, 3.05) is 11.9 Å². The molecule has 0 radical (unpaired) electrons. The molecule has 2 aromatic carbocycles. The number of benzodiazepines with no additional fused rings is 1. The molecule has 1 heterocycles. The number of nitrogens with two attached hydrogens (primary N) is 1. The molecule has 1 aliphatic heterocycles. The number of para-hydroxylation sites is 1. The number of aryl methyl sites for hydroxylation is 1. The molecule has 0 spiro atoms. The summed E-state index contributed by atoms with van der Waals surface area (Å²) >= 11 is 6.29. The summed E-state index contributed by atoms with van der Waals surface area (Å²) < 4.78 is 0. The molecule has 1 unspecified atom stereocenters. The number of nitrogens with zero attached hydrogens (tertiary/aromatic N) is 1.